The van der Waals surface area contributed by atoms with Crippen molar-refractivity contribution in [2.24, 2.45) is 0 Å². The molecule has 0 saturated carbocycles. The van der Waals surface area contributed by atoms with Gasteiger partial charge < -0.3 is 10.5 Å². The quantitative estimate of drug-likeness (QED) is 0.572. The molecule has 0 heterocycles. The molecule has 3 heteroatoms. The van der Waals surface area contributed by atoms with E-state index < -0.39 is 0 Å². The van der Waals surface area contributed by atoms with Gasteiger partial charge in [0.25, 0.3) is 0 Å². The van der Waals surface area contributed by atoms with E-state index in [1.54, 1.807) is 0 Å². The van der Waals surface area contributed by atoms with Crippen molar-refractivity contribution in [3.05, 3.63) is 24.3 Å². The van der Waals surface area contributed by atoms with E-state index >= 15 is 0 Å². The van der Waals surface area contributed by atoms with Crippen molar-refractivity contribution in [2.75, 3.05) is 12.3 Å². The Morgan fingerprint density at radius 3 is 2.57 bits per heavy atom. The van der Waals surface area contributed by atoms with Gasteiger partial charge in [0.1, 0.15) is 5.75 Å². The summed E-state index contributed by atoms with van der Waals surface area (Å²) in [6.07, 6.45) is 2.41. The molecule has 0 aliphatic rings. The molecule has 0 unspecified atom stereocenters. The van der Waals surface area contributed by atoms with E-state index in [0.717, 1.165) is 24.3 Å². The van der Waals surface area contributed by atoms with Crippen molar-refractivity contribution in [3.8, 4) is 11.8 Å². The summed E-state index contributed by atoms with van der Waals surface area (Å²) in [4.78, 5) is 0. The van der Waals surface area contributed by atoms with Crippen LogP contribution in [-0.4, -0.2) is 6.61 Å². The molecule has 0 saturated heterocycles. The second-order valence-electron chi connectivity index (χ2n) is 3.03. The van der Waals surface area contributed by atoms with E-state index in [4.69, 9.17) is 15.7 Å². The number of benzene rings is 1. The number of unbranched alkanes of at least 4 members (excludes halogenated alkanes) is 2. The highest BCUT2D eigenvalue weighted by Crippen LogP contribution is 2.13. The molecule has 3 nitrogen and oxygen atoms in total. The van der Waals surface area contributed by atoms with Crippen molar-refractivity contribution < 1.29 is 4.74 Å². The van der Waals surface area contributed by atoms with Crippen LogP contribution in [0.5, 0.6) is 5.75 Å². The van der Waals surface area contributed by atoms with Crippen molar-refractivity contribution in [1.82, 2.24) is 0 Å². The van der Waals surface area contributed by atoms with Gasteiger partial charge in [0, 0.05) is 12.1 Å². The largest absolute Gasteiger partial charge is 0.494 e. The molecule has 0 bridgehead atoms. The number of anilines is 1. The molecule has 0 spiro atoms. The molecule has 74 valence electrons. The van der Waals surface area contributed by atoms with Crippen LogP contribution in [0.2, 0.25) is 0 Å². The number of nitrogens with zero attached hydrogens (tertiary/aromatic N) is 1. The van der Waals surface area contributed by atoms with E-state index in [1.165, 1.54) is 0 Å². The summed E-state index contributed by atoms with van der Waals surface area (Å²) in [5, 5.41) is 8.31. The minimum atomic E-state index is 0.602. The predicted octanol–water partition coefficient (Wildman–Crippen LogP) is 2.34. The Labute approximate surface area is 84.1 Å². The second kappa shape index (κ2) is 5.87. The summed E-state index contributed by atoms with van der Waals surface area (Å²) in [6, 6.07) is 9.42. The molecule has 0 fully saturated rings. The maximum Gasteiger partial charge on any atom is 0.119 e. The van der Waals surface area contributed by atoms with E-state index in [-0.39, 0.29) is 0 Å². The van der Waals surface area contributed by atoms with Crippen LogP contribution in [0.15, 0.2) is 24.3 Å². The highest BCUT2D eigenvalue weighted by molar-refractivity contribution is 5.41. The molecule has 0 radical (unpaired) electrons. The monoisotopic (exact) mass is 190 g/mol. The minimum absolute atomic E-state index is 0.602. The molecular weight excluding hydrogens is 176 g/mol. The predicted molar refractivity (Wildman–Crippen MR) is 55.8 cm³/mol. The van der Waals surface area contributed by atoms with Crippen LogP contribution in [0.3, 0.4) is 0 Å². The fraction of sp³-hybridized carbons (Fsp3) is 0.364. The first-order valence-electron chi connectivity index (χ1n) is 4.68. The van der Waals surface area contributed by atoms with Gasteiger partial charge >= 0.3 is 0 Å². The Balaban J connectivity index is 2.19. The Morgan fingerprint density at radius 1 is 1.21 bits per heavy atom. The summed E-state index contributed by atoms with van der Waals surface area (Å²) in [6.45, 7) is 0.658. The molecule has 2 N–H and O–H groups in total. The van der Waals surface area contributed by atoms with E-state index in [9.17, 15) is 0 Å². The first-order valence-corrected chi connectivity index (χ1v) is 4.68. The smallest absolute Gasteiger partial charge is 0.119 e. The minimum Gasteiger partial charge on any atom is -0.494 e. The van der Waals surface area contributed by atoms with E-state index in [0.29, 0.717) is 13.0 Å². The molecule has 14 heavy (non-hydrogen) atoms. The maximum absolute atomic E-state index is 8.31. The standard InChI is InChI=1S/C11H14N2O/c12-8-2-1-3-9-14-11-6-4-10(13)5-7-11/h4-7H,1-3,9,13H2. The lowest BCUT2D eigenvalue weighted by Crippen LogP contribution is -1.97. The van der Waals surface area contributed by atoms with Gasteiger partial charge in [-0.25, -0.2) is 0 Å². The van der Waals surface area contributed by atoms with Crippen LogP contribution < -0.4 is 10.5 Å². The first-order chi connectivity index (χ1) is 6.83. The third-order valence-electron chi connectivity index (χ3n) is 1.83. The SMILES string of the molecule is N#CCCCCOc1ccc(N)cc1. The van der Waals surface area contributed by atoms with Crippen molar-refractivity contribution in [1.29, 1.82) is 5.26 Å². The van der Waals surface area contributed by atoms with Crippen molar-refractivity contribution >= 4 is 5.69 Å². The molecule has 1 aromatic rings. The lowest BCUT2D eigenvalue weighted by molar-refractivity contribution is 0.307. The molecule has 0 aliphatic heterocycles. The third kappa shape index (κ3) is 3.81. The topological polar surface area (TPSA) is 59.0 Å². The normalized spacial score (nSPS) is 9.36. The Hall–Kier alpha value is -1.69. The van der Waals surface area contributed by atoms with Crippen LogP contribution in [0.25, 0.3) is 0 Å². The zero-order valence-electron chi connectivity index (χ0n) is 8.07. The van der Waals surface area contributed by atoms with Crippen LogP contribution in [-0.2, 0) is 0 Å². The number of nitriles is 1. The van der Waals surface area contributed by atoms with Gasteiger partial charge in [0.2, 0.25) is 0 Å². The van der Waals surface area contributed by atoms with Crippen LogP contribution in [0, 0.1) is 11.3 Å². The molecule has 0 atom stereocenters. The van der Waals surface area contributed by atoms with Crippen LogP contribution >= 0.6 is 0 Å². The van der Waals surface area contributed by atoms with Crippen molar-refractivity contribution in [2.45, 2.75) is 19.3 Å². The molecule has 0 amide bonds. The van der Waals surface area contributed by atoms with Gasteiger partial charge in [0.05, 0.1) is 12.7 Å². The Bertz CT molecular complexity index is 300. The molecule has 1 rings (SSSR count). The van der Waals surface area contributed by atoms with Gasteiger partial charge in [-0.1, -0.05) is 0 Å². The summed E-state index contributed by atoms with van der Waals surface area (Å²) in [5.74, 6) is 0.830. The third-order valence-corrected chi connectivity index (χ3v) is 1.83. The van der Waals surface area contributed by atoms with Gasteiger partial charge in [-0.15, -0.1) is 0 Å². The summed E-state index contributed by atoms with van der Waals surface area (Å²) in [5.41, 5.74) is 6.27. The Kier molecular flexibility index (Phi) is 4.36. The highest BCUT2D eigenvalue weighted by Gasteiger charge is 1.93. The number of hydrogen-bond donors (Lipinski definition) is 1. The average Bonchev–Trinajstić information content (AvgIpc) is 2.21. The van der Waals surface area contributed by atoms with Gasteiger partial charge in [-0.2, -0.15) is 5.26 Å². The van der Waals surface area contributed by atoms with Gasteiger partial charge in [0.15, 0.2) is 0 Å². The molecular formula is C11H14N2O. The zero-order valence-corrected chi connectivity index (χ0v) is 8.07. The number of rotatable bonds is 5. The lowest BCUT2D eigenvalue weighted by atomic mass is 10.2. The van der Waals surface area contributed by atoms with Crippen molar-refractivity contribution in [3.63, 3.8) is 0 Å². The average molecular weight is 190 g/mol. The lowest BCUT2D eigenvalue weighted by Gasteiger charge is -2.04. The fourth-order valence-electron chi connectivity index (χ4n) is 1.06. The molecule has 0 aromatic heterocycles. The maximum atomic E-state index is 8.31. The van der Waals surface area contributed by atoms with E-state index in [2.05, 4.69) is 6.07 Å². The van der Waals surface area contributed by atoms with Gasteiger partial charge in [-0.05, 0) is 37.1 Å². The highest BCUT2D eigenvalue weighted by atomic mass is 16.5. The first kappa shape index (κ1) is 10.4. The van der Waals surface area contributed by atoms with E-state index in [1.807, 2.05) is 24.3 Å². The number of ether oxygens (including phenoxy) is 1. The Morgan fingerprint density at radius 2 is 1.93 bits per heavy atom. The number of nitrogens with two attached hydrogens (primary N) is 1. The second-order valence-corrected chi connectivity index (χ2v) is 3.03. The van der Waals surface area contributed by atoms with Gasteiger partial charge in [-0.3, -0.25) is 0 Å². The fourth-order valence-corrected chi connectivity index (χ4v) is 1.06. The summed E-state index contributed by atoms with van der Waals surface area (Å²) >= 11 is 0. The zero-order chi connectivity index (χ0) is 10.2. The summed E-state index contributed by atoms with van der Waals surface area (Å²) < 4.78 is 5.44. The molecule has 1 aromatic carbocycles. The van der Waals surface area contributed by atoms with Crippen LogP contribution in [0.1, 0.15) is 19.3 Å². The molecule has 0 aliphatic carbocycles. The number of nitrogen functional groups attached to an aromatic ring is 1. The van der Waals surface area contributed by atoms with Crippen LogP contribution in [0.4, 0.5) is 5.69 Å². The number of hydrogen-bond acceptors (Lipinski definition) is 3. The summed E-state index contributed by atoms with van der Waals surface area (Å²) in [7, 11) is 0.